The van der Waals surface area contributed by atoms with Crippen LogP contribution in [0.2, 0.25) is 0 Å². The van der Waals surface area contributed by atoms with Gasteiger partial charge in [0.25, 0.3) is 5.56 Å². The van der Waals surface area contributed by atoms with Gasteiger partial charge in [-0.1, -0.05) is 12.1 Å². The zero-order valence-corrected chi connectivity index (χ0v) is 15.2. The zero-order chi connectivity index (χ0) is 20.6. The summed E-state index contributed by atoms with van der Waals surface area (Å²) in [6.07, 6.45) is -1.87. The number of hydrogen-bond acceptors (Lipinski definition) is 5. The molecule has 0 saturated carbocycles. The van der Waals surface area contributed by atoms with Gasteiger partial charge in [0.1, 0.15) is 24.3 Å². The fourth-order valence-electron chi connectivity index (χ4n) is 3.70. The average Bonchev–Trinajstić information content (AvgIpc) is 3.19. The standard InChI is InChI=1S/C20H16F3N5O/c21-20(22,23)12-28-18(26-15-5-2-1-4-14(15)19(28)29)16-6-3-9-27(16)17-8-7-13(10-24)11-25-17/h1-2,4-5,7-8,11,16H,3,6,9,12H2. The summed E-state index contributed by atoms with van der Waals surface area (Å²) in [5.41, 5.74) is 0.0513. The van der Waals surface area contributed by atoms with Crippen LogP contribution >= 0.6 is 0 Å². The van der Waals surface area contributed by atoms with E-state index in [1.807, 2.05) is 11.0 Å². The summed E-state index contributed by atoms with van der Waals surface area (Å²) in [5, 5.41) is 9.10. The van der Waals surface area contributed by atoms with Crippen molar-refractivity contribution in [3.8, 4) is 6.07 Å². The Morgan fingerprint density at radius 3 is 2.69 bits per heavy atom. The zero-order valence-electron chi connectivity index (χ0n) is 15.2. The van der Waals surface area contributed by atoms with E-state index >= 15 is 0 Å². The molecule has 0 N–H and O–H groups in total. The minimum absolute atomic E-state index is 0.0784. The van der Waals surface area contributed by atoms with Crippen molar-refractivity contribution >= 4 is 16.7 Å². The van der Waals surface area contributed by atoms with E-state index in [0.717, 1.165) is 11.0 Å². The number of halogens is 3. The molecule has 9 heteroatoms. The highest BCUT2D eigenvalue weighted by atomic mass is 19.4. The fourth-order valence-corrected chi connectivity index (χ4v) is 3.70. The van der Waals surface area contributed by atoms with Crippen molar-refractivity contribution in [2.75, 3.05) is 11.4 Å². The second-order valence-electron chi connectivity index (χ2n) is 6.86. The average molecular weight is 399 g/mol. The molecule has 29 heavy (non-hydrogen) atoms. The molecule has 1 fully saturated rings. The topological polar surface area (TPSA) is 74.8 Å². The van der Waals surface area contributed by atoms with Gasteiger partial charge in [-0.3, -0.25) is 9.36 Å². The number of para-hydroxylation sites is 1. The van der Waals surface area contributed by atoms with E-state index in [9.17, 15) is 18.0 Å². The number of pyridine rings is 1. The number of rotatable bonds is 3. The van der Waals surface area contributed by atoms with Crippen molar-refractivity contribution in [2.45, 2.75) is 31.6 Å². The lowest BCUT2D eigenvalue weighted by Crippen LogP contribution is -2.36. The van der Waals surface area contributed by atoms with Crippen molar-refractivity contribution in [3.05, 3.63) is 64.3 Å². The molecule has 148 valence electrons. The molecule has 0 amide bonds. The molecular formula is C20H16F3N5O. The van der Waals surface area contributed by atoms with Crippen LogP contribution in [-0.2, 0) is 6.54 Å². The van der Waals surface area contributed by atoms with Gasteiger partial charge in [-0.2, -0.15) is 18.4 Å². The lowest BCUT2D eigenvalue weighted by molar-refractivity contribution is -0.141. The van der Waals surface area contributed by atoms with Gasteiger partial charge < -0.3 is 4.90 Å². The molecule has 2 aromatic heterocycles. The quantitative estimate of drug-likeness (QED) is 0.673. The Balaban J connectivity index is 1.85. The number of hydrogen-bond donors (Lipinski definition) is 0. The molecule has 1 saturated heterocycles. The molecule has 1 aliphatic rings. The van der Waals surface area contributed by atoms with Gasteiger partial charge in [0.05, 0.1) is 22.5 Å². The second-order valence-corrected chi connectivity index (χ2v) is 6.86. The van der Waals surface area contributed by atoms with Crippen LogP contribution in [0.1, 0.15) is 30.3 Å². The maximum absolute atomic E-state index is 13.2. The summed E-state index contributed by atoms with van der Waals surface area (Å²) in [6.45, 7) is -0.831. The summed E-state index contributed by atoms with van der Waals surface area (Å²) in [4.78, 5) is 23.4. The summed E-state index contributed by atoms with van der Waals surface area (Å²) < 4.78 is 40.5. The predicted molar refractivity (Wildman–Crippen MR) is 100 cm³/mol. The van der Waals surface area contributed by atoms with E-state index in [-0.39, 0.29) is 11.2 Å². The third-order valence-corrected chi connectivity index (χ3v) is 4.95. The Kier molecular flexibility index (Phi) is 4.70. The van der Waals surface area contributed by atoms with Gasteiger partial charge in [-0.15, -0.1) is 0 Å². The fraction of sp³-hybridized carbons (Fsp3) is 0.300. The summed E-state index contributed by atoms with van der Waals surface area (Å²) in [5.74, 6) is 0.613. The van der Waals surface area contributed by atoms with Crippen molar-refractivity contribution in [1.82, 2.24) is 14.5 Å². The highest BCUT2D eigenvalue weighted by Gasteiger charge is 2.35. The normalized spacial score (nSPS) is 16.9. The van der Waals surface area contributed by atoms with Crippen LogP contribution in [0.3, 0.4) is 0 Å². The van der Waals surface area contributed by atoms with Crippen LogP contribution in [0.5, 0.6) is 0 Å². The summed E-state index contributed by atoms with van der Waals surface area (Å²) in [6, 6.07) is 11.1. The number of alkyl halides is 3. The van der Waals surface area contributed by atoms with E-state index in [0.29, 0.717) is 29.9 Å². The third kappa shape index (κ3) is 3.66. The number of anilines is 1. The van der Waals surface area contributed by atoms with E-state index in [1.54, 1.807) is 30.3 Å². The van der Waals surface area contributed by atoms with Crippen LogP contribution in [0, 0.1) is 11.3 Å². The van der Waals surface area contributed by atoms with Crippen molar-refractivity contribution < 1.29 is 13.2 Å². The number of benzene rings is 1. The van der Waals surface area contributed by atoms with Gasteiger partial charge in [0.15, 0.2) is 0 Å². The van der Waals surface area contributed by atoms with Crippen LogP contribution < -0.4 is 10.5 Å². The number of aromatic nitrogens is 3. The lowest BCUT2D eigenvalue weighted by Gasteiger charge is -2.27. The number of nitrogens with zero attached hydrogens (tertiary/aromatic N) is 5. The third-order valence-electron chi connectivity index (χ3n) is 4.95. The first kappa shape index (κ1) is 18.9. The molecule has 1 unspecified atom stereocenters. The SMILES string of the molecule is N#Cc1ccc(N2CCCC2c2nc3ccccc3c(=O)n2CC(F)(F)F)nc1. The Labute approximate surface area is 163 Å². The van der Waals surface area contributed by atoms with Gasteiger partial charge in [0, 0.05) is 12.7 Å². The Hall–Kier alpha value is -3.41. The van der Waals surface area contributed by atoms with Crippen molar-refractivity contribution in [2.24, 2.45) is 0 Å². The van der Waals surface area contributed by atoms with Gasteiger partial charge in [0.2, 0.25) is 0 Å². The largest absolute Gasteiger partial charge is 0.406 e. The molecule has 0 spiro atoms. The smallest absolute Gasteiger partial charge is 0.346 e. The Bertz CT molecular complexity index is 1150. The minimum Gasteiger partial charge on any atom is -0.346 e. The number of fused-ring (bicyclic) bond motifs is 1. The Morgan fingerprint density at radius 1 is 1.21 bits per heavy atom. The van der Waals surface area contributed by atoms with Crippen LogP contribution in [0.4, 0.5) is 19.0 Å². The van der Waals surface area contributed by atoms with E-state index < -0.39 is 24.3 Å². The molecule has 0 radical (unpaired) electrons. The molecular weight excluding hydrogens is 383 g/mol. The van der Waals surface area contributed by atoms with Gasteiger partial charge in [-0.25, -0.2) is 9.97 Å². The highest BCUT2D eigenvalue weighted by Crippen LogP contribution is 2.35. The molecule has 4 rings (SSSR count). The van der Waals surface area contributed by atoms with Gasteiger partial charge in [-0.05, 0) is 37.1 Å². The monoisotopic (exact) mass is 399 g/mol. The van der Waals surface area contributed by atoms with E-state index in [2.05, 4.69) is 9.97 Å². The first-order valence-corrected chi connectivity index (χ1v) is 9.06. The molecule has 0 aliphatic carbocycles. The molecule has 1 aromatic carbocycles. The predicted octanol–water partition coefficient (Wildman–Crippen LogP) is 3.57. The first-order chi connectivity index (χ1) is 13.9. The molecule has 6 nitrogen and oxygen atoms in total. The van der Waals surface area contributed by atoms with Crippen molar-refractivity contribution in [3.63, 3.8) is 0 Å². The van der Waals surface area contributed by atoms with Crippen LogP contribution in [0.25, 0.3) is 10.9 Å². The summed E-state index contributed by atoms with van der Waals surface area (Å²) >= 11 is 0. The molecule has 3 aromatic rings. The lowest BCUT2D eigenvalue weighted by atomic mass is 10.1. The molecule has 3 heterocycles. The second kappa shape index (κ2) is 7.20. The first-order valence-electron chi connectivity index (χ1n) is 9.06. The van der Waals surface area contributed by atoms with Gasteiger partial charge >= 0.3 is 6.18 Å². The molecule has 1 aliphatic heterocycles. The van der Waals surface area contributed by atoms with Crippen LogP contribution in [0.15, 0.2) is 47.4 Å². The van der Waals surface area contributed by atoms with E-state index in [1.165, 1.54) is 12.3 Å². The van der Waals surface area contributed by atoms with Crippen LogP contribution in [-0.4, -0.2) is 27.3 Å². The minimum atomic E-state index is -4.56. The Morgan fingerprint density at radius 2 is 2.00 bits per heavy atom. The molecule has 0 bridgehead atoms. The number of nitriles is 1. The van der Waals surface area contributed by atoms with Crippen molar-refractivity contribution in [1.29, 1.82) is 5.26 Å². The highest BCUT2D eigenvalue weighted by molar-refractivity contribution is 5.77. The summed E-state index contributed by atoms with van der Waals surface area (Å²) in [7, 11) is 0. The molecule has 1 atom stereocenters. The van der Waals surface area contributed by atoms with E-state index in [4.69, 9.17) is 5.26 Å². The maximum Gasteiger partial charge on any atom is 0.406 e. The maximum atomic E-state index is 13.2.